The van der Waals surface area contributed by atoms with Gasteiger partial charge in [0, 0.05) is 12.3 Å². The maximum Gasteiger partial charge on any atom is 0.293 e. The van der Waals surface area contributed by atoms with Crippen LogP contribution in [0.5, 0.6) is 0 Å². The lowest BCUT2D eigenvalue weighted by atomic mass is 10.2. The zero-order valence-corrected chi connectivity index (χ0v) is 12.2. The fraction of sp³-hybridized carbons (Fsp3) is 0.250. The third-order valence-electron chi connectivity index (χ3n) is 2.69. The highest BCUT2D eigenvalue weighted by Crippen LogP contribution is 2.28. The van der Waals surface area contributed by atoms with Crippen molar-refractivity contribution in [1.29, 1.82) is 0 Å². The van der Waals surface area contributed by atoms with Crippen molar-refractivity contribution in [2.75, 3.05) is 11.6 Å². The van der Waals surface area contributed by atoms with E-state index in [1.165, 1.54) is 18.3 Å². The standard InChI is InChI=1S/C12H13N3O5S/c1-8-6-14-12(20-8)7-13-10-4-3-9(21(2,18)19)5-11(10)15(16)17/h3-6,13H,7H2,1-2H3. The fourth-order valence-corrected chi connectivity index (χ4v) is 2.34. The van der Waals surface area contributed by atoms with E-state index in [0.29, 0.717) is 11.7 Å². The molecule has 0 atom stereocenters. The van der Waals surface area contributed by atoms with Crippen molar-refractivity contribution < 1.29 is 17.8 Å². The summed E-state index contributed by atoms with van der Waals surface area (Å²) in [5.41, 5.74) is -0.121. The monoisotopic (exact) mass is 311 g/mol. The van der Waals surface area contributed by atoms with Gasteiger partial charge in [0.2, 0.25) is 5.89 Å². The molecule has 0 saturated carbocycles. The van der Waals surface area contributed by atoms with E-state index in [0.717, 1.165) is 12.3 Å². The maximum atomic E-state index is 11.4. The van der Waals surface area contributed by atoms with Gasteiger partial charge >= 0.3 is 0 Å². The van der Waals surface area contributed by atoms with E-state index >= 15 is 0 Å². The van der Waals surface area contributed by atoms with E-state index < -0.39 is 14.8 Å². The third kappa shape index (κ3) is 3.57. The molecule has 2 rings (SSSR count). The topological polar surface area (TPSA) is 115 Å². The molecule has 1 N–H and O–H groups in total. The Morgan fingerprint density at radius 1 is 1.43 bits per heavy atom. The third-order valence-corrected chi connectivity index (χ3v) is 3.80. The molecule has 0 unspecified atom stereocenters. The predicted octanol–water partition coefficient (Wildman–Crippen LogP) is 1.91. The van der Waals surface area contributed by atoms with Crippen LogP contribution in [0.1, 0.15) is 11.7 Å². The molecule has 112 valence electrons. The Morgan fingerprint density at radius 3 is 2.67 bits per heavy atom. The number of benzene rings is 1. The molecule has 9 heteroatoms. The number of anilines is 1. The van der Waals surface area contributed by atoms with Gasteiger partial charge in [-0.15, -0.1) is 0 Å². The van der Waals surface area contributed by atoms with Crippen LogP contribution in [0, 0.1) is 17.0 Å². The summed E-state index contributed by atoms with van der Waals surface area (Å²) in [5.74, 6) is 1.02. The quantitative estimate of drug-likeness (QED) is 0.662. The molecule has 0 spiro atoms. The Labute approximate surface area is 120 Å². The summed E-state index contributed by atoms with van der Waals surface area (Å²) in [4.78, 5) is 14.3. The van der Waals surface area contributed by atoms with Crippen LogP contribution in [0.3, 0.4) is 0 Å². The van der Waals surface area contributed by atoms with Gasteiger partial charge in [-0.1, -0.05) is 0 Å². The Morgan fingerprint density at radius 2 is 2.14 bits per heavy atom. The summed E-state index contributed by atoms with van der Waals surface area (Å²) in [6, 6.07) is 3.69. The van der Waals surface area contributed by atoms with Crippen LogP contribution in [-0.4, -0.2) is 24.6 Å². The van der Waals surface area contributed by atoms with Gasteiger partial charge in [-0.2, -0.15) is 0 Å². The SMILES string of the molecule is Cc1cnc(CNc2ccc(S(C)(=O)=O)cc2[N+](=O)[O-])o1. The number of nitro groups is 1. The number of nitrogens with zero attached hydrogens (tertiary/aromatic N) is 2. The number of nitro benzene ring substituents is 1. The molecule has 2 aromatic rings. The van der Waals surface area contributed by atoms with Crippen molar-refractivity contribution in [2.45, 2.75) is 18.4 Å². The number of hydrogen-bond donors (Lipinski definition) is 1. The first-order chi connectivity index (χ1) is 9.77. The number of sulfone groups is 1. The van der Waals surface area contributed by atoms with Crippen LogP contribution in [-0.2, 0) is 16.4 Å². The van der Waals surface area contributed by atoms with Crippen molar-refractivity contribution in [3.05, 3.63) is 46.2 Å². The van der Waals surface area contributed by atoms with Gasteiger partial charge in [-0.3, -0.25) is 10.1 Å². The predicted molar refractivity (Wildman–Crippen MR) is 74.8 cm³/mol. The number of rotatable bonds is 5. The first-order valence-corrected chi connectivity index (χ1v) is 7.80. The number of aromatic nitrogens is 1. The van der Waals surface area contributed by atoms with Crippen LogP contribution in [0.25, 0.3) is 0 Å². The highest BCUT2D eigenvalue weighted by Gasteiger charge is 2.18. The summed E-state index contributed by atoms with van der Waals surface area (Å²) in [7, 11) is -3.50. The van der Waals surface area contributed by atoms with Gasteiger partial charge in [0.05, 0.1) is 22.6 Å². The largest absolute Gasteiger partial charge is 0.444 e. The second kappa shape index (κ2) is 5.52. The van der Waals surface area contributed by atoms with Gasteiger partial charge in [0.25, 0.3) is 5.69 Å². The minimum absolute atomic E-state index is 0.105. The Hall–Kier alpha value is -2.42. The second-order valence-corrected chi connectivity index (χ2v) is 6.44. The van der Waals surface area contributed by atoms with E-state index in [-0.39, 0.29) is 22.8 Å². The average Bonchev–Trinajstić information content (AvgIpc) is 2.80. The normalized spacial score (nSPS) is 11.3. The summed E-state index contributed by atoms with van der Waals surface area (Å²) >= 11 is 0. The van der Waals surface area contributed by atoms with E-state index in [2.05, 4.69) is 10.3 Å². The molecule has 0 radical (unpaired) electrons. The fourth-order valence-electron chi connectivity index (χ4n) is 1.70. The lowest BCUT2D eigenvalue weighted by molar-refractivity contribution is -0.384. The molecule has 0 fully saturated rings. The van der Waals surface area contributed by atoms with Crippen molar-refractivity contribution >= 4 is 21.2 Å². The number of nitrogens with one attached hydrogen (secondary N) is 1. The molecule has 21 heavy (non-hydrogen) atoms. The van der Waals surface area contributed by atoms with Gasteiger partial charge < -0.3 is 9.73 Å². The zero-order valence-electron chi connectivity index (χ0n) is 11.4. The van der Waals surface area contributed by atoms with E-state index in [1.54, 1.807) is 6.92 Å². The molecule has 8 nitrogen and oxygen atoms in total. The van der Waals surface area contributed by atoms with Crippen LogP contribution < -0.4 is 5.32 Å². The molecule has 1 aromatic heterocycles. The lowest BCUT2D eigenvalue weighted by Gasteiger charge is -2.06. The van der Waals surface area contributed by atoms with Crippen LogP contribution in [0.4, 0.5) is 11.4 Å². The minimum atomic E-state index is -3.50. The van der Waals surface area contributed by atoms with Gasteiger partial charge in [0.15, 0.2) is 9.84 Å². The first kappa shape index (κ1) is 15.0. The number of hydrogen-bond acceptors (Lipinski definition) is 7. The van der Waals surface area contributed by atoms with E-state index in [1.807, 2.05) is 0 Å². The summed E-state index contributed by atoms with van der Waals surface area (Å²) < 4.78 is 28.1. The van der Waals surface area contributed by atoms with E-state index in [9.17, 15) is 18.5 Å². The molecule has 1 heterocycles. The molecule has 0 aliphatic carbocycles. The first-order valence-electron chi connectivity index (χ1n) is 5.91. The zero-order chi connectivity index (χ0) is 15.6. The average molecular weight is 311 g/mol. The maximum absolute atomic E-state index is 11.4. The van der Waals surface area contributed by atoms with Crippen LogP contribution in [0.15, 0.2) is 33.7 Å². The summed E-state index contributed by atoms with van der Waals surface area (Å²) in [6.07, 6.45) is 2.53. The number of oxazole rings is 1. The van der Waals surface area contributed by atoms with Crippen LogP contribution >= 0.6 is 0 Å². The summed E-state index contributed by atoms with van der Waals surface area (Å²) in [6.45, 7) is 1.90. The number of aryl methyl sites for hydroxylation is 1. The Balaban J connectivity index is 2.28. The molecule has 0 aliphatic rings. The molecule has 0 amide bonds. The van der Waals surface area contributed by atoms with Gasteiger partial charge in [0.1, 0.15) is 11.4 Å². The van der Waals surface area contributed by atoms with Gasteiger partial charge in [-0.25, -0.2) is 13.4 Å². The minimum Gasteiger partial charge on any atom is -0.444 e. The molecule has 0 bridgehead atoms. The highest BCUT2D eigenvalue weighted by atomic mass is 32.2. The van der Waals surface area contributed by atoms with Crippen molar-refractivity contribution in [3.63, 3.8) is 0 Å². The summed E-state index contributed by atoms with van der Waals surface area (Å²) in [5, 5.41) is 13.9. The Kier molecular flexibility index (Phi) is 3.94. The molecule has 0 saturated heterocycles. The Bertz CT molecular complexity index is 782. The van der Waals surface area contributed by atoms with Crippen molar-refractivity contribution in [1.82, 2.24) is 4.98 Å². The van der Waals surface area contributed by atoms with Crippen LogP contribution in [0.2, 0.25) is 0 Å². The van der Waals surface area contributed by atoms with Gasteiger partial charge in [-0.05, 0) is 19.1 Å². The highest BCUT2D eigenvalue weighted by molar-refractivity contribution is 7.90. The molecule has 1 aromatic carbocycles. The molecule has 0 aliphatic heterocycles. The molecular weight excluding hydrogens is 298 g/mol. The smallest absolute Gasteiger partial charge is 0.293 e. The lowest BCUT2D eigenvalue weighted by Crippen LogP contribution is -2.05. The molecular formula is C12H13N3O5S. The van der Waals surface area contributed by atoms with Crippen molar-refractivity contribution in [2.24, 2.45) is 0 Å². The second-order valence-electron chi connectivity index (χ2n) is 4.43. The van der Waals surface area contributed by atoms with E-state index in [4.69, 9.17) is 4.42 Å². The van der Waals surface area contributed by atoms with Crippen molar-refractivity contribution in [3.8, 4) is 0 Å².